The molecule has 3 aromatic rings. The van der Waals surface area contributed by atoms with Crippen molar-refractivity contribution in [3.05, 3.63) is 64.7 Å². The molecule has 1 heterocycles. The van der Waals surface area contributed by atoms with E-state index in [0.29, 0.717) is 10.9 Å². The Bertz CT molecular complexity index is 951. The Balaban J connectivity index is 2.37. The van der Waals surface area contributed by atoms with Gasteiger partial charge in [-0.3, -0.25) is 0 Å². The third-order valence-corrected chi connectivity index (χ3v) is 3.69. The number of hydrogen-bond acceptors (Lipinski definition) is 2. The van der Waals surface area contributed by atoms with E-state index in [2.05, 4.69) is 4.98 Å². The Morgan fingerprint density at radius 2 is 1.83 bits per heavy atom. The second-order valence-electron chi connectivity index (χ2n) is 5.46. The number of aromatic nitrogens is 1. The number of rotatable bonds is 2. The zero-order valence-electron chi connectivity index (χ0n) is 12.5. The summed E-state index contributed by atoms with van der Waals surface area (Å²) >= 11 is 0. The van der Waals surface area contributed by atoms with Gasteiger partial charge >= 0.3 is 5.97 Å². The van der Waals surface area contributed by atoms with E-state index in [1.807, 2.05) is 19.9 Å². The Morgan fingerprint density at radius 3 is 2.48 bits per heavy atom. The predicted octanol–water partition coefficient (Wildman–Crippen LogP) is 4.50. The van der Waals surface area contributed by atoms with E-state index >= 15 is 0 Å². The molecular weight excluding hydrogens is 300 g/mol. The molecule has 2 aromatic carbocycles. The summed E-state index contributed by atoms with van der Waals surface area (Å²) < 4.78 is 27.1. The molecule has 5 heteroatoms. The van der Waals surface area contributed by atoms with E-state index in [9.17, 15) is 18.7 Å². The van der Waals surface area contributed by atoms with Crippen LogP contribution in [0.1, 0.15) is 21.5 Å². The minimum atomic E-state index is -1.12. The number of carboxylic acids is 1. The molecule has 0 radical (unpaired) electrons. The summed E-state index contributed by atoms with van der Waals surface area (Å²) in [4.78, 5) is 16.0. The molecule has 0 bridgehead atoms. The van der Waals surface area contributed by atoms with Gasteiger partial charge in [0.05, 0.1) is 16.8 Å². The maximum absolute atomic E-state index is 14.0. The van der Waals surface area contributed by atoms with Crippen LogP contribution in [0.5, 0.6) is 0 Å². The SMILES string of the molecule is Cc1cc(C)c2c(C(=O)O)cc(-c3ccc(F)cc3F)nc2c1. The first-order valence-corrected chi connectivity index (χ1v) is 6.97. The van der Waals surface area contributed by atoms with E-state index in [4.69, 9.17) is 0 Å². The van der Waals surface area contributed by atoms with Crippen molar-refractivity contribution in [2.24, 2.45) is 0 Å². The van der Waals surface area contributed by atoms with Crippen LogP contribution in [0.2, 0.25) is 0 Å². The minimum absolute atomic E-state index is 0.0474. The van der Waals surface area contributed by atoms with E-state index < -0.39 is 17.6 Å². The molecule has 0 atom stereocenters. The molecule has 23 heavy (non-hydrogen) atoms. The average Bonchev–Trinajstić information content (AvgIpc) is 2.45. The maximum atomic E-state index is 14.0. The Labute approximate surface area is 131 Å². The smallest absolute Gasteiger partial charge is 0.336 e. The number of aromatic carboxylic acids is 1. The topological polar surface area (TPSA) is 50.2 Å². The highest BCUT2D eigenvalue weighted by molar-refractivity contribution is 6.05. The summed E-state index contributed by atoms with van der Waals surface area (Å²) in [6.07, 6.45) is 0. The van der Waals surface area contributed by atoms with Gasteiger partial charge in [0.1, 0.15) is 11.6 Å². The van der Waals surface area contributed by atoms with Crippen molar-refractivity contribution in [2.45, 2.75) is 13.8 Å². The van der Waals surface area contributed by atoms with E-state index in [1.165, 1.54) is 12.1 Å². The van der Waals surface area contributed by atoms with E-state index in [0.717, 1.165) is 23.3 Å². The molecule has 0 spiro atoms. The highest BCUT2D eigenvalue weighted by atomic mass is 19.1. The Morgan fingerprint density at radius 1 is 1.09 bits per heavy atom. The van der Waals surface area contributed by atoms with Gasteiger partial charge in [0.25, 0.3) is 0 Å². The van der Waals surface area contributed by atoms with Crippen LogP contribution in [0, 0.1) is 25.5 Å². The van der Waals surface area contributed by atoms with Crippen LogP contribution in [0.15, 0.2) is 36.4 Å². The van der Waals surface area contributed by atoms with Gasteiger partial charge in [0, 0.05) is 17.0 Å². The molecule has 3 nitrogen and oxygen atoms in total. The zero-order chi connectivity index (χ0) is 16.7. The number of halogens is 2. The minimum Gasteiger partial charge on any atom is -0.478 e. The number of fused-ring (bicyclic) bond motifs is 1. The van der Waals surface area contributed by atoms with Crippen LogP contribution >= 0.6 is 0 Å². The first-order valence-electron chi connectivity index (χ1n) is 6.97. The fraction of sp³-hybridized carbons (Fsp3) is 0.111. The second-order valence-corrected chi connectivity index (χ2v) is 5.46. The molecule has 0 saturated heterocycles. The molecule has 0 aliphatic heterocycles. The van der Waals surface area contributed by atoms with Gasteiger partial charge in [0.15, 0.2) is 0 Å². The highest BCUT2D eigenvalue weighted by Crippen LogP contribution is 2.29. The van der Waals surface area contributed by atoms with Gasteiger partial charge in [-0.05, 0) is 49.2 Å². The van der Waals surface area contributed by atoms with Gasteiger partial charge in [0.2, 0.25) is 0 Å². The Hall–Kier alpha value is -2.82. The summed E-state index contributed by atoms with van der Waals surface area (Å²) in [5, 5.41) is 10.0. The van der Waals surface area contributed by atoms with E-state index in [1.54, 1.807) is 6.07 Å². The molecule has 0 amide bonds. The van der Waals surface area contributed by atoms with Crippen LogP contribution in [-0.4, -0.2) is 16.1 Å². The number of nitrogens with zero attached hydrogens (tertiary/aromatic N) is 1. The molecule has 0 aliphatic carbocycles. The number of carboxylic acid groups (broad SMARTS) is 1. The van der Waals surface area contributed by atoms with E-state index in [-0.39, 0.29) is 16.8 Å². The number of carbonyl (C=O) groups is 1. The third-order valence-electron chi connectivity index (χ3n) is 3.69. The van der Waals surface area contributed by atoms with Crippen LogP contribution in [0.25, 0.3) is 22.2 Å². The monoisotopic (exact) mass is 313 g/mol. The lowest BCUT2D eigenvalue weighted by Gasteiger charge is -2.11. The summed E-state index contributed by atoms with van der Waals surface area (Å²) in [7, 11) is 0. The predicted molar refractivity (Wildman–Crippen MR) is 83.5 cm³/mol. The first kappa shape index (κ1) is 15.1. The van der Waals surface area contributed by atoms with Crippen molar-refractivity contribution in [1.82, 2.24) is 4.98 Å². The van der Waals surface area contributed by atoms with Crippen LogP contribution in [0.4, 0.5) is 8.78 Å². The third kappa shape index (κ3) is 2.65. The molecule has 0 fully saturated rings. The first-order chi connectivity index (χ1) is 10.9. The lowest BCUT2D eigenvalue weighted by molar-refractivity contribution is 0.0699. The number of pyridine rings is 1. The lowest BCUT2D eigenvalue weighted by atomic mass is 9.99. The van der Waals surface area contributed by atoms with Gasteiger partial charge in [-0.2, -0.15) is 0 Å². The summed E-state index contributed by atoms with van der Waals surface area (Å²) in [5.74, 6) is -2.59. The molecule has 0 aliphatic rings. The van der Waals surface area contributed by atoms with Crippen molar-refractivity contribution in [1.29, 1.82) is 0 Å². The van der Waals surface area contributed by atoms with Crippen LogP contribution in [-0.2, 0) is 0 Å². The molecule has 1 N–H and O–H groups in total. The quantitative estimate of drug-likeness (QED) is 0.758. The fourth-order valence-electron chi connectivity index (χ4n) is 2.76. The molecule has 116 valence electrons. The molecule has 3 rings (SSSR count). The standard InChI is InChI=1S/C18H13F2NO2/c1-9-5-10(2)17-13(18(22)23)8-15(21-16(17)6-9)12-4-3-11(19)7-14(12)20/h3-8H,1-2H3,(H,22,23). The zero-order valence-corrected chi connectivity index (χ0v) is 12.5. The summed E-state index contributed by atoms with van der Waals surface area (Å²) in [6.45, 7) is 3.68. The Kier molecular flexibility index (Phi) is 3.56. The van der Waals surface area contributed by atoms with Gasteiger partial charge in [-0.1, -0.05) is 6.07 Å². The van der Waals surface area contributed by atoms with Crippen LogP contribution < -0.4 is 0 Å². The number of benzene rings is 2. The second kappa shape index (κ2) is 5.43. The molecule has 1 aromatic heterocycles. The van der Waals surface area contributed by atoms with Gasteiger partial charge < -0.3 is 5.11 Å². The van der Waals surface area contributed by atoms with Crippen molar-refractivity contribution >= 4 is 16.9 Å². The lowest BCUT2D eigenvalue weighted by Crippen LogP contribution is -2.02. The maximum Gasteiger partial charge on any atom is 0.336 e. The normalized spacial score (nSPS) is 11.0. The van der Waals surface area contributed by atoms with Crippen LogP contribution in [0.3, 0.4) is 0 Å². The van der Waals surface area contributed by atoms with Gasteiger partial charge in [-0.15, -0.1) is 0 Å². The van der Waals surface area contributed by atoms with Crippen molar-refractivity contribution in [2.75, 3.05) is 0 Å². The summed E-state index contributed by atoms with van der Waals surface area (Å²) in [5.41, 5.74) is 2.46. The number of aryl methyl sites for hydroxylation is 2. The van der Waals surface area contributed by atoms with Crippen molar-refractivity contribution in [3.8, 4) is 11.3 Å². The summed E-state index contributed by atoms with van der Waals surface area (Å²) in [6, 6.07) is 8.07. The van der Waals surface area contributed by atoms with Crippen molar-refractivity contribution < 1.29 is 18.7 Å². The van der Waals surface area contributed by atoms with Crippen molar-refractivity contribution in [3.63, 3.8) is 0 Å². The number of hydrogen-bond donors (Lipinski definition) is 1. The highest BCUT2D eigenvalue weighted by Gasteiger charge is 2.17. The largest absolute Gasteiger partial charge is 0.478 e. The molecule has 0 unspecified atom stereocenters. The average molecular weight is 313 g/mol. The van der Waals surface area contributed by atoms with Gasteiger partial charge in [-0.25, -0.2) is 18.6 Å². The fourth-order valence-corrected chi connectivity index (χ4v) is 2.76. The molecule has 0 saturated carbocycles. The molecular formula is C18H13F2NO2.